The van der Waals surface area contributed by atoms with Gasteiger partial charge in [0.1, 0.15) is 12.1 Å². The van der Waals surface area contributed by atoms with E-state index in [4.69, 9.17) is 5.11 Å². The van der Waals surface area contributed by atoms with Crippen molar-refractivity contribution >= 4 is 17.8 Å². The van der Waals surface area contributed by atoms with Crippen LogP contribution in [0.4, 0.5) is 13.2 Å². The summed E-state index contributed by atoms with van der Waals surface area (Å²) in [5, 5.41) is 12.6. The monoisotopic (exact) mass is 312 g/mol. The van der Waals surface area contributed by atoms with Gasteiger partial charge in [-0.05, 0) is 11.8 Å². The third-order valence-electron chi connectivity index (χ3n) is 2.72. The van der Waals surface area contributed by atoms with E-state index in [2.05, 4.69) is 5.32 Å². The van der Waals surface area contributed by atoms with Crippen LogP contribution in [0.5, 0.6) is 0 Å². The molecule has 9 heteroatoms. The SMILES string of the molecule is CC(C)[C@H](NC(=O)[C@@H](NC(=O)C(F)(F)F)C(C)C)C(=O)O. The first-order valence-corrected chi connectivity index (χ1v) is 6.28. The highest BCUT2D eigenvalue weighted by Gasteiger charge is 2.41. The number of alkyl halides is 3. The van der Waals surface area contributed by atoms with Gasteiger partial charge < -0.3 is 15.7 Å². The van der Waals surface area contributed by atoms with E-state index in [1.165, 1.54) is 27.7 Å². The fourth-order valence-corrected chi connectivity index (χ4v) is 1.51. The van der Waals surface area contributed by atoms with Crippen molar-refractivity contribution < 1.29 is 32.7 Å². The fourth-order valence-electron chi connectivity index (χ4n) is 1.51. The quantitative estimate of drug-likeness (QED) is 0.679. The second kappa shape index (κ2) is 7.28. The van der Waals surface area contributed by atoms with E-state index in [0.29, 0.717) is 0 Å². The van der Waals surface area contributed by atoms with Crippen LogP contribution in [0.25, 0.3) is 0 Å². The molecule has 0 saturated heterocycles. The molecule has 21 heavy (non-hydrogen) atoms. The average Bonchev–Trinajstić information content (AvgIpc) is 2.29. The Bertz CT molecular complexity index is 408. The zero-order valence-electron chi connectivity index (χ0n) is 12.1. The van der Waals surface area contributed by atoms with Crippen LogP contribution in [0.15, 0.2) is 0 Å². The zero-order valence-corrected chi connectivity index (χ0v) is 12.1. The van der Waals surface area contributed by atoms with Crippen LogP contribution >= 0.6 is 0 Å². The maximum Gasteiger partial charge on any atom is 0.471 e. The molecule has 0 bridgehead atoms. The Hall–Kier alpha value is -1.80. The molecule has 2 amide bonds. The summed E-state index contributed by atoms with van der Waals surface area (Å²) in [6, 6.07) is -2.72. The lowest BCUT2D eigenvalue weighted by Crippen LogP contribution is -2.56. The van der Waals surface area contributed by atoms with E-state index in [1.54, 1.807) is 5.32 Å². The topological polar surface area (TPSA) is 95.5 Å². The highest BCUT2D eigenvalue weighted by Crippen LogP contribution is 2.16. The lowest BCUT2D eigenvalue weighted by atomic mass is 10.0. The summed E-state index contributed by atoms with van der Waals surface area (Å²) in [7, 11) is 0. The summed E-state index contributed by atoms with van der Waals surface area (Å²) in [5.41, 5.74) is 0. The first kappa shape index (κ1) is 19.2. The molecule has 0 aromatic heterocycles. The van der Waals surface area contributed by atoms with Crippen LogP contribution < -0.4 is 10.6 Å². The van der Waals surface area contributed by atoms with Gasteiger partial charge >= 0.3 is 18.1 Å². The Balaban J connectivity index is 5.01. The smallest absolute Gasteiger partial charge is 0.471 e. The number of halogens is 3. The van der Waals surface area contributed by atoms with Gasteiger partial charge in [-0.25, -0.2) is 4.79 Å². The van der Waals surface area contributed by atoms with Crippen molar-refractivity contribution in [2.75, 3.05) is 0 Å². The third kappa shape index (κ3) is 6.01. The molecule has 0 saturated carbocycles. The number of carboxylic acids is 1. The van der Waals surface area contributed by atoms with Crippen molar-refractivity contribution in [1.29, 1.82) is 0 Å². The molecule has 0 heterocycles. The van der Waals surface area contributed by atoms with Gasteiger partial charge in [0.15, 0.2) is 0 Å². The second-order valence-electron chi connectivity index (χ2n) is 5.26. The van der Waals surface area contributed by atoms with Crippen molar-refractivity contribution in [3.63, 3.8) is 0 Å². The molecule has 0 aliphatic carbocycles. The Labute approximate surface area is 120 Å². The lowest BCUT2D eigenvalue weighted by Gasteiger charge is -2.25. The number of carbonyl (C=O) groups excluding carboxylic acids is 2. The summed E-state index contributed by atoms with van der Waals surface area (Å²) in [4.78, 5) is 33.8. The maximum absolute atomic E-state index is 12.2. The number of carboxylic acid groups (broad SMARTS) is 1. The molecule has 0 spiro atoms. The Morgan fingerprint density at radius 2 is 1.33 bits per heavy atom. The molecule has 0 fully saturated rings. The number of rotatable bonds is 6. The van der Waals surface area contributed by atoms with Gasteiger partial charge in [-0.2, -0.15) is 13.2 Å². The highest BCUT2D eigenvalue weighted by atomic mass is 19.4. The van der Waals surface area contributed by atoms with E-state index in [1.807, 2.05) is 0 Å². The van der Waals surface area contributed by atoms with Gasteiger partial charge in [0.05, 0.1) is 0 Å². The van der Waals surface area contributed by atoms with Gasteiger partial charge in [0.2, 0.25) is 5.91 Å². The first-order valence-electron chi connectivity index (χ1n) is 6.28. The Kier molecular flexibility index (Phi) is 6.65. The number of hydrogen-bond donors (Lipinski definition) is 3. The second-order valence-corrected chi connectivity index (χ2v) is 5.26. The highest BCUT2D eigenvalue weighted by molar-refractivity contribution is 5.92. The molecule has 6 nitrogen and oxygen atoms in total. The van der Waals surface area contributed by atoms with Crippen LogP contribution in [0.2, 0.25) is 0 Å². The average molecular weight is 312 g/mol. The predicted octanol–water partition coefficient (Wildman–Crippen LogP) is 0.915. The molecular weight excluding hydrogens is 293 g/mol. The Morgan fingerprint density at radius 1 is 0.905 bits per heavy atom. The van der Waals surface area contributed by atoms with Crippen molar-refractivity contribution in [2.45, 2.75) is 46.0 Å². The summed E-state index contributed by atoms with van der Waals surface area (Å²) in [5.74, 6) is -5.62. The van der Waals surface area contributed by atoms with Gasteiger partial charge in [0.25, 0.3) is 0 Å². The van der Waals surface area contributed by atoms with Crippen LogP contribution in [0.3, 0.4) is 0 Å². The normalized spacial score (nSPS) is 14.7. The van der Waals surface area contributed by atoms with Gasteiger partial charge in [-0.15, -0.1) is 0 Å². The first-order chi connectivity index (χ1) is 9.37. The molecule has 122 valence electrons. The minimum atomic E-state index is -5.11. The molecule has 0 aromatic rings. The maximum atomic E-state index is 12.2. The molecule has 2 atom stereocenters. The lowest BCUT2D eigenvalue weighted by molar-refractivity contribution is -0.175. The van der Waals surface area contributed by atoms with E-state index in [9.17, 15) is 27.6 Å². The van der Waals surface area contributed by atoms with Crippen molar-refractivity contribution in [3.8, 4) is 0 Å². The summed E-state index contributed by atoms with van der Waals surface area (Å²) >= 11 is 0. The van der Waals surface area contributed by atoms with E-state index in [0.717, 1.165) is 0 Å². The molecule has 0 radical (unpaired) electrons. The van der Waals surface area contributed by atoms with Crippen LogP contribution in [-0.4, -0.2) is 41.2 Å². The minimum absolute atomic E-state index is 0.461. The van der Waals surface area contributed by atoms with Gasteiger partial charge in [-0.1, -0.05) is 27.7 Å². The number of carbonyl (C=O) groups is 3. The Morgan fingerprint density at radius 3 is 1.62 bits per heavy atom. The molecule has 0 aromatic carbocycles. The van der Waals surface area contributed by atoms with E-state index in [-0.39, 0.29) is 0 Å². The van der Waals surface area contributed by atoms with E-state index >= 15 is 0 Å². The minimum Gasteiger partial charge on any atom is -0.480 e. The van der Waals surface area contributed by atoms with Crippen LogP contribution in [0.1, 0.15) is 27.7 Å². The van der Waals surface area contributed by atoms with Crippen LogP contribution in [-0.2, 0) is 14.4 Å². The van der Waals surface area contributed by atoms with Gasteiger partial charge in [0, 0.05) is 0 Å². The molecule has 0 rings (SSSR count). The largest absolute Gasteiger partial charge is 0.480 e. The summed E-state index contributed by atoms with van der Waals surface area (Å²) in [6.07, 6.45) is -5.11. The summed E-state index contributed by atoms with van der Waals surface area (Å²) < 4.78 is 36.7. The summed E-state index contributed by atoms with van der Waals surface area (Å²) in [6.45, 7) is 5.95. The predicted molar refractivity (Wildman–Crippen MR) is 67.2 cm³/mol. The van der Waals surface area contributed by atoms with Crippen molar-refractivity contribution in [3.05, 3.63) is 0 Å². The molecule has 0 aliphatic rings. The molecule has 0 aliphatic heterocycles. The van der Waals surface area contributed by atoms with Crippen molar-refractivity contribution in [1.82, 2.24) is 10.6 Å². The molecule has 0 unspecified atom stereocenters. The number of aliphatic carboxylic acids is 1. The van der Waals surface area contributed by atoms with Gasteiger partial charge in [-0.3, -0.25) is 9.59 Å². The zero-order chi connectivity index (χ0) is 17.0. The molecular formula is C12H19F3N2O4. The van der Waals surface area contributed by atoms with Crippen molar-refractivity contribution in [2.24, 2.45) is 11.8 Å². The van der Waals surface area contributed by atoms with Crippen LogP contribution in [0, 0.1) is 11.8 Å². The number of amides is 2. The number of hydrogen-bond acceptors (Lipinski definition) is 3. The molecule has 3 N–H and O–H groups in total. The fraction of sp³-hybridized carbons (Fsp3) is 0.750. The van der Waals surface area contributed by atoms with E-state index < -0.39 is 47.9 Å². The third-order valence-corrected chi connectivity index (χ3v) is 2.72. The number of nitrogens with one attached hydrogen (secondary N) is 2. The standard InChI is InChI=1S/C12H19F3N2O4/c1-5(2)7(17-11(21)12(13,14)15)9(18)16-8(6(3)4)10(19)20/h5-8H,1-4H3,(H,16,18)(H,17,21)(H,19,20)/t7-,8-/m0/s1.